The Kier molecular flexibility index (Phi) is 4.57. The first kappa shape index (κ1) is 16.6. The molecule has 4 N–H and O–H groups in total. The lowest BCUT2D eigenvalue weighted by atomic mass is 10.1. The first-order chi connectivity index (χ1) is 9.63. The van der Waals surface area contributed by atoms with E-state index in [4.69, 9.17) is 4.74 Å². The number of ether oxygens (including phenoxy) is 1. The van der Waals surface area contributed by atoms with Crippen molar-refractivity contribution in [2.24, 2.45) is 0 Å². The molecule has 0 aliphatic rings. The molecule has 0 aliphatic heterocycles. The fourth-order valence-corrected chi connectivity index (χ4v) is 6.25. The van der Waals surface area contributed by atoms with Gasteiger partial charge in [-0.1, -0.05) is 18.2 Å². The molecule has 9 heteroatoms. The Morgan fingerprint density at radius 3 is 2.14 bits per heavy atom. The fraction of sp³-hybridized carbons (Fsp3) is 0.167. The molecular weight excluding hydrogens is 334 g/mol. The Balaban J connectivity index is 2.60. The van der Waals surface area contributed by atoms with E-state index in [2.05, 4.69) is 11.8 Å². The van der Waals surface area contributed by atoms with Crippen LogP contribution in [-0.2, 0) is 16.4 Å². The highest BCUT2D eigenvalue weighted by molar-refractivity contribution is 8.11. The van der Waals surface area contributed by atoms with Gasteiger partial charge in [-0.15, -0.1) is 0 Å². The van der Waals surface area contributed by atoms with Crippen molar-refractivity contribution in [3.05, 3.63) is 42.0 Å². The van der Waals surface area contributed by atoms with E-state index in [1.807, 2.05) is 0 Å². The first-order valence-electron chi connectivity index (χ1n) is 5.81. The molecule has 1 unspecified atom stereocenters. The monoisotopic (exact) mass is 348 g/mol. The molecule has 6 nitrogen and oxygen atoms in total. The molecule has 0 saturated carbocycles. The Morgan fingerprint density at radius 1 is 1.05 bits per heavy atom. The van der Waals surface area contributed by atoms with E-state index in [0.29, 0.717) is 11.1 Å². The van der Waals surface area contributed by atoms with Crippen LogP contribution >= 0.6 is 14.1 Å². The van der Waals surface area contributed by atoms with E-state index in [1.165, 1.54) is 19.2 Å². The Labute approximate surface area is 126 Å². The number of benzene rings is 2. The first-order valence-corrected chi connectivity index (χ1v) is 10.3. The molecule has 2 aromatic rings. The largest absolute Gasteiger partial charge is 0.497 e. The van der Waals surface area contributed by atoms with Crippen LogP contribution in [0.4, 0.5) is 0 Å². The van der Waals surface area contributed by atoms with Gasteiger partial charge in [0, 0.05) is 0 Å². The topological polar surface area (TPSA) is 107 Å². The summed E-state index contributed by atoms with van der Waals surface area (Å²) >= 11 is 4.51. The van der Waals surface area contributed by atoms with Crippen molar-refractivity contribution in [2.75, 3.05) is 7.11 Å². The standard InChI is InChI=1S/C12H14O6P2S/c1-18-11-5-4-8-6-10(3-2-9(8)7-11)12(19(13,14)15)20(16,17)21/h2-7,12H,1H3,(H2,13,14,15)(H2,16,17,21). The van der Waals surface area contributed by atoms with Crippen LogP contribution in [0.25, 0.3) is 10.8 Å². The molecule has 114 valence electrons. The SMILES string of the molecule is COc1ccc2cc(C(P(=O)(O)O)P(O)(O)=S)ccc2c1. The summed E-state index contributed by atoms with van der Waals surface area (Å²) in [5.74, 6) is 0.649. The van der Waals surface area contributed by atoms with Gasteiger partial charge in [0.15, 0.2) is 5.40 Å². The number of hydrogen-bond donors (Lipinski definition) is 4. The molecule has 1 atom stereocenters. The van der Waals surface area contributed by atoms with Crippen molar-refractivity contribution in [3.63, 3.8) is 0 Å². The summed E-state index contributed by atoms with van der Waals surface area (Å²) in [6.07, 6.45) is 0. The maximum atomic E-state index is 11.5. The quantitative estimate of drug-likeness (QED) is 0.628. The van der Waals surface area contributed by atoms with Crippen molar-refractivity contribution in [2.45, 2.75) is 5.40 Å². The highest BCUT2D eigenvalue weighted by atomic mass is 32.5. The Bertz CT molecular complexity index is 743. The second kappa shape index (κ2) is 5.78. The molecule has 0 aliphatic carbocycles. The van der Waals surface area contributed by atoms with Crippen LogP contribution in [-0.4, -0.2) is 26.7 Å². The zero-order valence-electron chi connectivity index (χ0n) is 10.9. The van der Waals surface area contributed by atoms with E-state index in [-0.39, 0.29) is 5.56 Å². The van der Waals surface area contributed by atoms with Gasteiger partial charge in [-0.05, 0) is 46.3 Å². The van der Waals surface area contributed by atoms with E-state index in [1.54, 1.807) is 24.3 Å². The van der Waals surface area contributed by atoms with Gasteiger partial charge in [0.1, 0.15) is 5.75 Å². The van der Waals surface area contributed by atoms with Crippen LogP contribution in [0.3, 0.4) is 0 Å². The molecule has 0 saturated heterocycles. The molecule has 2 rings (SSSR count). The Hall–Kier alpha value is -0.780. The maximum absolute atomic E-state index is 11.5. The van der Waals surface area contributed by atoms with Gasteiger partial charge in [0.2, 0.25) is 6.49 Å². The third-order valence-corrected chi connectivity index (χ3v) is 7.85. The van der Waals surface area contributed by atoms with Crippen molar-refractivity contribution in [3.8, 4) is 5.75 Å². The lowest BCUT2D eigenvalue weighted by molar-refractivity contribution is 0.363. The van der Waals surface area contributed by atoms with Gasteiger partial charge >= 0.3 is 7.60 Å². The van der Waals surface area contributed by atoms with Crippen LogP contribution in [0.1, 0.15) is 11.0 Å². The minimum absolute atomic E-state index is 0.106. The molecule has 0 bridgehead atoms. The molecule has 0 spiro atoms. The fourth-order valence-electron chi connectivity index (χ4n) is 2.11. The summed E-state index contributed by atoms with van der Waals surface area (Å²) in [4.78, 5) is 37.9. The lowest BCUT2D eigenvalue weighted by Crippen LogP contribution is -2.01. The number of fused-ring (bicyclic) bond motifs is 1. The third kappa shape index (κ3) is 3.71. The van der Waals surface area contributed by atoms with Gasteiger partial charge in [0.05, 0.1) is 7.11 Å². The molecule has 0 radical (unpaired) electrons. The van der Waals surface area contributed by atoms with Gasteiger partial charge < -0.3 is 24.3 Å². The predicted molar refractivity (Wildman–Crippen MR) is 84.0 cm³/mol. The average Bonchev–Trinajstić information content (AvgIpc) is 2.34. The maximum Gasteiger partial charge on any atom is 0.342 e. The highest BCUT2D eigenvalue weighted by Crippen LogP contribution is 2.70. The molecule has 0 fully saturated rings. The van der Waals surface area contributed by atoms with Gasteiger partial charge in [0.25, 0.3) is 0 Å². The van der Waals surface area contributed by atoms with Crippen LogP contribution in [0.2, 0.25) is 0 Å². The summed E-state index contributed by atoms with van der Waals surface area (Å²) < 4.78 is 16.6. The van der Waals surface area contributed by atoms with E-state index < -0.39 is 19.5 Å². The van der Waals surface area contributed by atoms with E-state index in [9.17, 15) is 24.1 Å². The molecule has 2 aromatic carbocycles. The van der Waals surface area contributed by atoms with Crippen molar-refractivity contribution >= 4 is 36.7 Å². The second-order valence-electron chi connectivity index (χ2n) is 4.52. The predicted octanol–water partition coefficient (Wildman–Crippen LogP) is 2.32. The van der Waals surface area contributed by atoms with Crippen LogP contribution < -0.4 is 4.74 Å². The number of hydrogen-bond acceptors (Lipinski definition) is 3. The summed E-state index contributed by atoms with van der Waals surface area (Å²) in [6, 6.07) is 9.73. The van der Waals surface area contributed by atoms with Gasteiger partial charge in [-0.25, -0.2) is 0 Å². The van der Waals surface area contributed by atoms with Crippen LogP contribution in [0.15, 0.2) is 36.4 Å². The van der Waals surface area contributed by atoms with E-state index in [0.717, 1.165) is 5.39 Å². The van der Waals surface area contributed by atoms with Crippen LogP contribution in [0.5, 0.6) is 5.75 Å². The molecule has 0 heterocycles. The number of methoxy groups -OCH3 is 1. The molecule has 0 amide bonds. The van der Waals surface area contributed by atoms with Gasteiger partial charge in [-0.3, -0.25) is 4.57 Å². The summed E-state index contributed by atoms with van der Waals surface area (Å²) in [6.45, 7) is -4.17. The molecule has 0 aromatic heterocycles. The summed E-state index contributed by atoms with van der Waals surface area (Å²) in [5.41, 5.74) is 0.106. The normalized spacial score (nSPS) is 14.1. The van der Waals surface area contributed by atoms with Crippen LogP contribution in [0, 0.1) is 0 Å². The van der Waals surface area contributed by atoms with Gasteiger partial charge in [-0.2, -0.15) is 0 Å². The zero-order valence-corrected chi connectivity index (χ0v) is 13.6. The van der Waals surface area contributed by atoms with Crippen molar-refractivity contribution in [1.82, 2.24) is 0 Å². The van der Waals surface area contributed by atoms with Crippen molar-refractivity contribution in [1.29, 1.82) is 0 Å². The molecular formula is C12H14O6P2S. The lowest BCUT2D eigenvalue weighted by Gasteiger charge is -2.23. The minimum atomic E-state index is -4.79. The third-order valence-electron chi connectivity index (χ3n) is 3.01. The Morgan fingerprint density at radius 2 is 1.62 bits per heavy atom. The molecule has 21 heavy (non-hydrogen) atoms. The van der Waals surface area contributed by atoms with E-state index >= 15 is 0 Å². The minimum Gasteiger partial charge on any atom is -0.497 e. The van der Waals surface area contributed by atoms with Crippen molar-refractivity contribution < 1.29 is 28.9 Å². The summed E-state index contributed by atoms with van der Waals surface area (Å²) in [5, 5.41) is -0.298. The highest BCUT2D eigenvalue weighted by Gasteiger charge is 2.41. The summed E-state index contributed by atoms with van der Waals surface area (Å²) in [7, 11) is -3.26. The zero-order chi connectivity index (χ0) is 15.8. The average molecular weight is 348 g/mol. The second-order valence-corrected chi connectivity index (χ2v) is 9.93. The smallest absolute Gasteiger partial charge is 0.342 e. The number of rotatable bonds is 4.